The summed E-state index contributed by atoms with van der Waals surface area (Å²) < 4.78 is 6.06. The number of aliphatic hydroxyl groups excluding tert-OH is 1. The highest BCUT2D eigenvalue weighted by Crippen LogP contribution is 2.33. The predicted molar refractivity (Wildman–Crippen MR) is 81.0 cm³/mol. The van der Waals surface area contributed by atoms with Crippen LogP contribution in [0.25, 0.3) is 0 Å². The Hall–Kier alpha value is -0.860. The molecule has 1 N–H and O–H groups in total. The van der Waals surface area contributed by atoms with E-state index < -0.39 is 0 Å². The summed E-state index contributed by atoms with van der Waals surface area (Å²) in [7, 11) is 0. The van der Waals surface area contributed by atoms with Crippen molar-refractivity contribution in [2.45, 2.75) is 52.2 Å². The second kappa shape index (κ2) is 8.34. The molecule has 108 valence electrons. The Balaban J connectivity index is 2.76. The van der Waals surface area contributed by atoms with Gasteiger partial charge in [0.25, 0.3) is 0 Å². The van der Waals surface area contributed by atoms with Crippen molar-refractivity contribution in [1.29, 1.82) is 0 Å². The molecule has 0 fully saturated rings. The molecule has 0 radical (unpaired) electrons. The van der Waals surface area contributed by atoms with E-state index in [9.17, 15) is 5.11 Å². The molecule has 4 atom stereocenters. The molecule has 0 bridgehead atoms. The Labute approximate surface area is 117 Å². The molecule has 0 heterocycles. The average Bonchev–Trinajstić information content (AvgIpc) is 2.40. The minimum atomic E-state index is -0.354. The second-order valence-corrected chi connectivity index (χ2v) is 5.46. The monoisotopic (exact) mass is 264 g/mol. The number of allylic oxidation sites excluding steroid dienone is 3. The van der Waals surface area contributed by atoms with E-state index >= 15 is 0 Å². The Morgan fingerprint density at radius 3 is 2.74 bits per heavy atom. The van der Waals surface area contributed by atoms with Crippen molar-refractivity contribution < 1.29 is 9.84 Å². The van der Waals surface area contributed by atoms with Gasteiger partial charge in [0.15, 0.2) is 0 Å². The van der Waals surface area contributed by atoms with Gasteiger partial charge < -0.3 is 9.84 Å². The van der Waals surface area contributed by atoms with Gasteiger partial charge in [-0.3, -0.25) is 0 Å². The molecule has 1 aliphatic carbocycles. The van der Waals surface area contributed by atoms with Gasteiger partial charge in [-0.15, -0.1) is 0 Å². The molecule has 0 amide bonds. The third-order valence-electron chi connectivity index (χ3n) is 4.02. The van der Waals surface area contributed by atoms with Crippen molar-refractivity contribution in [3.05, 3.63) is 36.5 Å². The molecule has 0 aromatic heterocycles. The molecule has 4 unspecified atom stereocenters. The number of hydrogen-bond acceptors (Lipinski definition) is 2. The maximum Gasteiger partial charge on any atom is 0.0818 e. The molecule has 2 heteroatoms. The van der Waals surface area contributed by atoms with Crippen molar-refractivity contribution in [2.24, 2.45) is 11.8 Å². The Bertz CT molecular complexity index is 330. The van der Waals surface area contributed by atoms with Crippen LogP contribution in [0.4, 0.5) is 0 Å². The lowest BCUT2D eigenvalue weighted by Gasteiger charge is -2.37. The molecular formula is C17H28O2. The lowest BCUT2D eigenvalue weighted by molar-refractivity contribution is -0.0111. The molecule has 1 aliphatic rings. The Morgan fingerprint density at radius 1 is 1.37 bits per heavy atom. The summed E-state index contributed by atoms with van der Waals surface area (Å²) in [5.74, 6) is 0.600. The van der Waals surface area contributed by atoms with Gasteiger partial charge in [-0.25, -0.2) is 0 Å². The van der Waals surface area contributed by atoms with Crippen molar-refractivity contribution in [2.75, 3.05) is 6.61 Å². The van der Waals surface area contributed by atoms with Crippen molar-refractivity contribution in [3.8, 4) is 0 Å². The molecular weight excluding hydrogens is 236 g/mol. The SMILES string of the molecule is C=C/C=C/CC1=CC(O)C(C)C(C)C1OCCCC. The minimum Gasteiger partial charge on any atom is -0.389 e. The van der Waals surface area contributed by atoms with Crippen LogP contribution in [0, 0.1) is 11.8 Å². The number of ether oxygens (including phenoxy) is 1. The fraction of sp³-hybridized carbons (Fsp3) is 0.647. The van der Waals surface area contributed by atoms with Crippen LogP contribution in [-0.4, -0.2) is 23.9 Å². The molecule has 0 aromatic carbocycles. The smallest absolute Gasteiger partial charge is 0.0818 e. The summed E-state index contributed by atoms with van der Waals surface area (Å²) >= 11 is 0. The normalized spacial score (nSPS) is 31.5. The first-order chi connectivity index (χ1) is 9.11. The molecule has 1 rings (SSSR count). The molecule has 2 nitrogen and oxygen atoms in total. The van der Waals surface area contributed by atoms with Crippen LogP contribution in [0.2, 0.25) is 0 Å². The van der Waals surface area contributed by atoms with Crippen molar-refractivity contribution in [3.63, 3.8) is 0 Å². The van der Waals surface area contributed by atoms with E-state index in [1.54, 1.807) is 6.08 Å². The summed E-state index contributed by atoms with van der Waals surface area (Å²) in [4.78, 5) is 0. The quantitative estimate of drug-likeness (QED) is 0.429. The van der Waals surface area contributed by atoms with Crippen LogP contribution in [0.15, 0.2) is 36.5 Å². The summed E-state index contributed by atoms with van der Waals surface area (Å²) in [6.07, 6.45) is 10.6. The third-order valence-corrected chi connectivity index (χ3v) is 4.02. The van der Waals surface area contributed by atoms with E-state index in [2.05, 4.69) is 33.4 Å². The zero-order valence-electron chi connectivity index (χ0n) is 12.5. The average molecular weight is 264 g/mol. The van der Waals surface area contributed by atoms with E-state index in [0.29, 0.717) is 5.92 Å². The lowest BCUT2D eigenvalue weighted by atomic mass is 9.77. The van der Waals surface area contributed by atoms with Crippen LogP contribution < -0.4 is 0 Å². The van der Waals surface area contributed by atoms with Gasteiger partial charge in [0.2, 0.25) is 0 Å². The highest BCUT2D eigenvalue weighted by molar-refractivity contribution is 5.21. The summed E-state index contributed by atoms with van der Waals surface area (Å²) in [6.45, 7) is 10.9. The summed E-state index contributed by atoms with van der Waals surface area (Å²) in [5.41, 5.74) is 1.20. The van der Waals surface area contributed by atoms with Crippen LogP contribution >= 0.6 is 0 Å². The predicted octanol–water partition coefficient (Wildman–Crippen LogP) is 3.88. The Morgan fingerprint density at radius 2 is 2.11 bits per heavy atom. The highest BCUT2D eigenvalue weighted by atomic mass is 16.5. The van der Waals surface area contributed by atoms with Crippen LogP contribution in [0.1, 0.15) is 40.0 Å². The zero-order valence-corrected chi connectivity index (χ0v) is 12.5. The summed E-state index contributed by atoms with van der Waals surface area (Å²) in [6, 6.07) is 0. The van der Waals surface area contributed by atoms with Gasteiger partial charge in [-0.05, 0) is 30.3 Å². The van der Waals surface area contributed by atoms with E-state index in [-0.39, 0.29) is 18.1 Å². The van der Waals surface area contributed by atoms with Gasteiger partial charge in [-0.1, -0.05) is 58.1 Å². The highest BCUT2D eigenvalue weighted by Gasteiger charge is 2.34. The number of unbranched alkanes of at least 4 members (excludes halogenated alkanes) is 1. The second-order valence-electron chi connectivity index (χ2n) is 5.46. The number of hydrogen-bond donors (Lipinski definition) is 1. The zero-order chi connectivity index (χ0) is 14.3. The maximum absolute atomic E-state index is 10.1. The standard InChI is InChI=1S/C17H28O2/c1-5-7-9-10-15-12-16(18)13(3)14(4)17(15)19-11-8-6-2/h5,7,9,12-14,16-18H,1,6,8,10-11H2,2-4H3/b9-7+. The molecule has 0 aliphatic heterocycles. The fourth-order valence-corrected chi connectivity index (χ4v) is 2.49. The molecule has 19 heavy (non-hydrogen) atoms. The van der Waals surface area contributed by atoms with Crippen LogP contribution in [0.3, 0.4) is 0 Å². The van der Waals surface area contributed by atoms with Gasteiger partial charge in [0.1, 0.15) is 0 Å². The van der Waals surface area contributed by atoms with Crippen molar-refractivity contribution in [1.82, 2.24) is 0 Å². The largest absolute Gasteiger partial charge is 0.389 e. The number of aliphatic hydroxyl groups is 1. The maximum atomic E-state index is 10.1. The van der Waals surface area contributed by atoms with Gasteiger partial charge >= 0.3 is 0 Å². The molecule has 0 saturated carbocycles. The first kappa shape index (κ1) is 16.2. The molecule has 0 aromatic rings. The van der Waals surface area contributed by atoms with Crippen LogP contribution in [0.5, 0.6) is 0 Å². The summed E-state index contributed by atoms with van der Waals surface area (Å²) in [5, 5.41) is 10.1. The van der Waals surface area contributed by atoms with Gasteiger partial charge in [-0.2, -0.15) is 0 Å². The van der Waals surface area contributed by atoms with Gasteiger partial charge in [0, 0.05) is 6.61 Å². The number of rotatable bonds is 7. The molecule has 0 saturated heterocycles. The first-order valence-corrected chi connectivity index (χ1v) is 7.39. The Kier molecular flexibility index (Phi) is 7.11. The van der Waals surface area contributed by atoms with E-state index in [4.69, 9.17) is 4.74 Å². The van der Waals surface area contributed by atoms with Crippen molar-refractivity contribution >= 4 is 0 Å². The fourth-order valence-electron chi connectivity index (χ4n) is 2.49. The van der Waals surface area contributed by atoms with E-state index in [0.717, 1.165) is 25.9 Å². The lowest BCUT2D eigenvalue weighted by Crippen LogP contribution is -2.38. The first-order valence-electron chi connectivity index (χ1n) is 7.39. The van der Waals surface area contributed by atoms with Gasteiger partial charge in [0.05, 0.1) is 12.2 Å². The third kappa shape index (κ3) is 4.63. The van der Waals surface area contributed by atoms with E-state index in [1.807, 2.05) is 12.2 Å². The molecule has 0 spiro atoms. The van der Waals surface area contributed by atoms with E-state index in [1.165, 1.54) is 5.57 Å². The topological polar surface area (TPSA) is 29.5 Å². The van der Waals surface area contributed by atoms with Crippen LogP contribution in [-0.2, 0) is 4.74 Å². The minimum absolute atomic E-state index is 0.138.